The Morgan fingerprint density at radius 3 is 2.39 bits per heavy atom. The Labute approximate surface area is 268 Å². The van der Waals surface area contributed by atoms with Crippen LogP contribution in [0.25, 0.3) is 0 Å². The van der Waals surface area contributed by atoms with Crippen molar-refractivity contribution in [3.05, 3.63) is 71.5 Å². The first kappa shape index (κ1) is 32.1. The molecule has 0 saturated carbocycles. The SMILES string of the molecule is O=C1CC2(CCN(C(=O)c3ccc(F)cc3)CC2)NC(=O)[C@@H]2C[C@H](F)CN2C(=O)C[C@@H]2CCN(Cc3ccccc3)C[C@@H]2CCN1. The number of alkyl halides is 1. The van der Waals surface area contributed by atoms with E-state index in [1.54, 1.807) is 4.90 Å². The smallest absolute Gasteiger partial charge is 0.253 e. The third-order valence-electron chi connectivity index (χ3n) is 10.4. The van der Waals surface area contributed by atoms with Crippen LogP contribution in [0, 0.1) is 17.7 Å². The van der Waals surface area contributed by atoms with E-state index in [2.05, 4.69) is 27.7 Å². The minimum absolute atomic E-state index is 0.0191. The first-order chi connectivity index (χ1) is 22.2. The van der Waals surface area contributed by atoms with Crippen LogP contribution in [0.5, 0.6) is 0 Å². The van der Waals surface area contributed by atoms with Gasteiger partial charge in [0.1, 0.15) is 18.0 Å². The van der Waals surface area contributed by atoms with Gasteiger partial charge >= 0.3 is 0 Å². The van der Waals surface area contributed by atoms with Gasteiger partial charge in [-0.2, -0.15) is 0 Å². The number of nitrogens with one attached hydrogen (secondary N) is 2. The number of halogens is 2. The number of carbonyl (C=O) groups is 4. The number of likely N-dealkylation sites (tertiary alicyclic amines) is 2. The zero-order chi connectivity index (χ0) is 32.3. The number of amides is 4. The molecule has 9 nitrogen and oxygen atoms in total. The van der Waals surface area contributed by atoms with E-state index in [0.29, 0.717) is 31.4 Å². The van der Waals surface area contributed by atoms with Crippen molar-refractivity contribution in [3.8, 4) is 0 Å². The fourth-order valence-electron chi connectivity index (χ4n) is 7.76. The van der Waals surface area contributed by atoms with Gasteiger partial charge < -0.3 is 20.4 Å². The van der Waals surface area contributed by atoms with E-state index < -0.39 is 29.5 Å². The fraction of sp³-hybridized carbons (Fsp3) is 0.543. The molecule has 246 valence electrons. The molecule has 4 atom stereocenters. The largest absolute Gasteiger partial charge is 0.356 e. The highest BCUT2D eigenvalue weighted by atomic mass is 19.1. The summed E-state index contributed by atoms with van der Waals surface area (Å²) in [6.45, 7) is 3.35. The van der Waals surface area contributed by atoms with E-state index in [-0.39, 0.29) is 68.5 Å². The molecule has 0 aromatic heterocycles. The van der Waals surface area contributed by atoms with Crippen molar-refractivity contribution in [1.29, 1.82) is 0 Å². The van der Waals surface area contributed by atoms with Gasteiger partial charge in [0.15, 0.2) is 0 Å². The van der Waals surface area contributed by atoms with Gasteiger partial charge in [0.25, 0.3) is 5.91 Å². The average Bonchev–Trinajstić information content (AvgIpc) is 3.45. The van der Waals surface area contributed by atoms with E-state index in [4.69, 9.17) is 0 Å². The van der Waals surface area contributed by atoms with E-state index >= 15 is 0 Å². The van der Waals surface area contributed by atoms with Crippen LogP contribution >= 0.6 is 0 Å². The maximum absolute atomic E-state index is 14.8. The van der Waals surface area contributed by atoms with Crippen LogP contribution in [0.3, 0.4) is 0 Å². The van der Waals surface area contributed by atoms with Crippen molar-refractivity contribution in [2.45, 2.75) is 69.2 Å². The summed E-state index contributed by atoms with van der Waals surface area (Å²) in [5, 5.41) is 6.14. The van der Waals surface area contributed by atoms with Crippen LogP contribution in [0.4, 0.5) is 8.78 Å². The maximum Gasteiger partial charge on any atom is 0.253 e. The second-order valence-corrected chi connectivity index (χ2v) is 13.5. The Bertz CT molecular complexity index is 1420. The highest BCUT2D eigenvalue weighted by molar-refractivity contribution is 5.94. The molecule has 4 fully saturated rings. The molecule has 0 bridgehead atoms. The number of hydrogen-bond donors (Lipinski definition) is 2. The van der Waals surface area contributed by atoms with Crippen molar-refractivity contribution in [2.75, 3.05) is 39.3 Å². The number of carbonyl (C=O) groups excluding carboxylic acids is 4. The van der Waals surface area contributed by atoms with Crippen LogP contribution < -0.4 is 10.6 Å². The molecule has 2 N–H and O–H groups in total. The fourth-order valence-corrected chi connectivity index (χ4v) is 7.76. The Morgan fingerprint density at radius 2 is 1.65 bits per heavy atom. The molecule has 4 aliphatic rings. The van der Waals surface area contributed by atoms with Crippen molar-refractivity contribution in [1.82, 2.24) is 25.3 Å². The molecule has 2 aromatic carbocycles. The topological polar surface area (TPSA) is 102 Å². The monoisotopic (exact) mass is 635 g/mol. The molecule has 4 saturated heterocycles. The average molecular weight is 636 g/mol. The lowest BCUT2D eigenvalue weighted by Gasteiger charge is -2.43. The van der Waals surface area contributed by atoms with Crippen LogP contribution in [0.15, 0.2) is 54.6 Å². The zero-order valence-electron chi connectivity index (χ0n) is 26.1. The summed E-state index contributed by atoms with van der Waals surface area (Å²) in [5.41, 5.74) is 0.637. The summed E-state index contributed by atoms with van der Waals surface area (Å²) in [6.07, 6.45) is 1.06. The Balaban J connectivity index is 1.18. The second kappa shape index (κ2) is 13.9. The predicted molar refractivity (Wildman–Crippen MR) is 168 cm³/mol. The number of nitrogens with zero attached hydrogens (tertiary/aromatic N) is 3. The van der Waals surface area contributed by atoms with Gasteiger partial charge in [0.2, 0.25) is 17.7 Å². The van der Waals surface area contributed by atoms with E-state index in [1.807, 2.05) is 18.2 Å². The first-order valence-corrected chi connectivity index (χ1v) is 16.5. The Kier molecular flexibility index (Phi) is 9.67. The molecule has 11 heteroatoms. The summed E-state index contributed by atoms with van der Waals surface area (Å²) in [4.78, 5) is 59.4. The quantitative estimate of drug-likeness (QED) is 0.539. The second-order valence-electron chi connectivity index (χ2n) is 13.5. The number of piperidine rings is 2. The van der Waals surface area contributed by atoms with Crippen molar-refractivity contribution in [2.24, 2.45) is 11.8 Å². The summed E-state index contributed by atoms with van der Waals surface area (Å²) in [6, 6.07) is 14.7. The van der Waals surface area contributed by atoms with Gasteiger partial charge in [-0.3, -0.25) is 24.1 Å². The molecule has 1 spiro atoms. The standard InChI is InChI=1S/C35H43F2N5O4/c36-28-8-6-25(7-9-28)34(46)41-16-12-35(13-17-41)20-31(43)38-14-10-27-22-40(21-24-4-2-1-3-5-24)15-11-26(27)18-32(44)42-23-29(37)19-30(42)33(45)39-35/h1-9,26-27,29-30H,10-23H2,(H,38,43)(H,39,45)/t26-,27-,29-,30-/m0/s1. The lowest BCUT2D eigenvalue weighted by Crippen LogP contribution is -2.61. The van der Waals surface area contributed by atoms with Crippen molar-refractivity contribution in [3.63, 3.8) is 0 Å². The molecule has 6 rings (SSSR count). The Morgan fingerprint density at radius 1 is 0.913 bits per heavy atom. The minimum Gasteiger partial charge on any atom is -0.356 e. The number of rotatable bonds is 3. The van der Waals surface area contributed by atoms with Crippen molar-refractivity contribution >= 4 is 23.6 Å². The molecule has 46 heavy (non-hydrogen) atoms. The van der Waals surface area contributed by atoms with Gasteiger partial charge in [-0.15, -0.1) is 0 Å². The summed E-state index contributed by atoms with van der Waals surface area (Å²) < 4.78 is 28.2. The Hall–Kier alpha value is -3.86. The van der Waals surface area contributed by atoms with E-state index in [9.17, 15) is 28.0 Å². The zero-order valence-corrected chi connectivity index (χ0v) is 26.1. The van der Waals surface area contributed by atoms with E-state index in [0.717, 1.165) is 26.1 Å². The first-order valence-electron chi connectivity index (χ1n) is 16.5. The molecule has 0 unspecified atom stereocenters. The molecule has 0 radical (unpaired) electrons. The van der Waals surface area contributed by atoms with Gasteiger partial charge in [-0.05, 0) is 73.9 Å². The minimum atomic E-state index is -1.30. The molecular weight excluding hydrogens is 592 g/mol. The van der Waals surface area contributed by atoms with Crippen molar-refractivity contribution < 1.29 is 28.0 Å². The van der Waals surface area contributed by atoms with Crippen LogP contribution in [-0.2, 0) is 20.9 Å². The lowest BCUT2D eigenvalue weighted by molar-refractivity contribution is -0.141. The third kappa shape index (κ3) is 7.40. The molecule has 4 aliphatic heterocycles. The molecular formula is C35H43F2N5O4. The normalized spacial score (nSPS) is 27.7. The molecule has 0 aliphatic carbocycles. The highest BCUT2D eigenvalue weighted by Crippen LogP contribution is 2.34. The summed E-state index contributed by atoms with van der Waals surface area (Å²) in [5.74, 6) is -1.27. The van der Waals surface area contributed by atoms with Gasteiger partial charge in [-0.1, -0.05) is 30.3 Å². The van der Waals surface area contributed by atoms with E-state index in [1.165, 1.54) is 34.7 Å². The maximum atomic E-state index is 14.8. The van der Waals surface area contributed by atoms with Gasteiger partial charge in [-0.25, -0.2) is 8.78 Å². The highest BCUT2D eigenvalue weighted by Gasteiger charge is 2.46. The molecule has 4 heterocycles. The van der Waals surface area contributed by atoms with Crippen LogP contribution in [-0.4, -0.2) is 95.3 Å². The van der Waals surface area contributed by atoms with Gasteiger partial charge in [0, 0.05) is 57.5 Å². The number of benzene rings is 2. The van der Waals surface area contributed by atoms with Gasteiger partial charge in [0.05, 0.1) is 12.1 Å². The summed E-state index contributed by atoms with van der Waals surface area (Å²) >= 11 is 0. The number of hydrogen-bond acceptors (Lipinski definition) is 5. The van der Waals surface area contributed by atoms with Crippen LogP contribution in [0.2, 0.25) is 0 Å². The predicted octanol–water partition coefficient (Wildman–Crippen LogP) is 3.29. The lowest BCUT2D eigenvalue weighted by atomic mass is 9.80. The van der Waals surface area contributed by atoms with Crippen LogP contribution in [0.1, 0.15) is 60.9 Å². The number of fused-ring (bicyclic) bond motifs is 2. The third-order valence-corrected chi connectivity index (χ3v) is 10.4. The molecule has 4 amide bonds. The summed E-state index contributed by atoms with van der Waals surface area (Å²) in [7, 11) is 0. The molecule has 2 aromatic rings.